The highest BCUT2D eigenvalue weighted by atomic mass is 79.9. The fourth-order valence-corrected chi connectivity index (χ4v) is 2.96. The van der Waals surface area contributed by atoms with Gasteiger partial charge < -0.3 is 4.52 Å². The molecule has 0 bridgehead atoms. The third-order valence-corrected chi connectivity index (χ3v) is 4.29. The summed E-state index contributed by atoms with van der Waals surface area (Å²) in [6, 6.07) is 7.98. The maximum absolute atomic E-state index is 5.38. The van der Waals surface area contributed by atoms with E-state index in [0.717, 1.165) is 28.3 Å². The average Bonchev–Trinajstić information content (AvgIpc) is 2.89. The van der Waals surface area contributed by atoms with Gasteiger partial charge in [-0.15, -0.1) is 0 Å². The Morgan fingerprint density at radius 1 is 1.11 bits per heavy atom. The van der Waals surface area contributed by atoms with Gasteiger partial charge in [0.05, 0.1) is 0 Å². The van der Waals surface area contributed by atoms with Crippen LogP contribution in [-0.4, -0.2) is 10.1 Å². The van der Waals surface area contributed by atoms with Gasteiger partial charge in [0.2, 0.25) is 11.7 Å². The van der Waals surface area contributed by atoms with E-state index in [4.69, 9.17) is 4.52 Å². The van der Waals surface area contributed by atoms with Gasteiger partial charge in [0.1, 0.15) is 0 Å². The second-order valence-electron chi connectivity index (χ2n) is 5.23. The number of halogens is 1. The lowest BCUT2D eigenvalue weighted by atomic mass is 9.87. The van der Waals surface area contributed by atoms with E-state index >= 15 is 0 Å². The van der Waals surface area contributed by atoms with Crippen LogP contribution in [0, 0.1) is 5.92 Å². The number of rotatable bonds is 3. The summed E-state index contributed by atoms with van der Waals surface area (Å²) >= 11 is 3.42. The fraction of sp³-hybridized carbons (Fsp3) is 0.467. The van der Waals surface area contributed by atoms with E-state index in [0.29, 0.717) is 5.82 Å². The summed E-state index contributed by atoms with van der Waals surface area (Å²) in [4.78, 5) is 4.51. The Hall–Kier alpha value is -1.16. The molecule has 0 spiro atoms. The maximum Gasteiger partial charge on any atom is 0.227 e. The van der Waals surface area contributed by atoms with Crippen LogP contribution in [0.2, 0.25) is 0 Å². The number of hydrogen-bond donors (Lipinski definition) is 0. The summed E-state index contributed by atoms with van der Waals surface area (Å²) in [5, 5.41) is 4.08. The van der Waals surface area contributed by atoms with E-state index in [9.17, 15) is 0 Å². The van der Waals surface area contributed by atoms with Crippen molar-refractivity contribution in [1.82, 2.24) is 10.1 Å². The van der Waals surface area contributed by atoms with Gasteiger partial charge in [-0.3, -0.25) is 0 Å². The molecule has 1 aliphatic rings. The molecule has 4 heteroatoms. The third kappa shape index (κ3) is 3.24. The Balaban J connectivity index is 1.70. The number of hydrogen-bond acceptors (Lipinski definition) is 3. The van der Waals surface area contributed by atoms with Crippen molar-refractivity contribution in [2.45, 2.75) is 38.5 Å². The van der Waals surface area contributed by atoms with Crippen LogP contribution in [0.15, 0.2) is 33.3 Å². The molecule has 1 saturated carbocycles. The topological polar surface area (TPSA) is 38.9 Å². The minimum Gasteiger partial charge on any atom is -0.339 e. The lowest BCUT2D eigenvalue weighted by Gasteiger charge is -2.19. The van der Waals surface area contributed by atoms with Crippen LogP contribution in [0.25, 0.3) is 11.4 Å². The molecular weight excluding hydrogens is 304 g/mol. The van der Waals surface area contributed by atoms with Crippen molar-refractivity contribution in [3.8, 4) is 11.4 Å². The fourth-order valence-electron chi connectivity index (χ4n) is 2.69. The molecule has 2 aromatic rings. The third-order valence-electron chi connectivity index (χ3n) is 3.76. The van der Waals surface area contributed by atoms with Gasteiger partial charge in [-0.05, 0) is 43.0 Å². The SMILES string of the molecule is Brc1ccc(-c2noc(CC3CCCCC3)n2)cc1. The summed E-state index contributed by atoms with van der Waals surface area (Å²) in [5.41, 5.74) is 1.00. The van der Waals surface area contributed by atoms with Crippen molar-refractivity contribution in [1.29, 1.82) is 0 Å². The van der Waals surface area contributed by atoms with E-state index in [1.807, 2.05) is 24.3 Å². The molecular formula is C15H17BrN2O. The Bertz CT molecular complexity index is 529. The van der Waals surface area contributed by atoms with Crippen molar-refractivity contribution in [3.63, 3.8) is 0 Å². The maximum atomic E-state index is 5.38. The Kier molecular flexibility index (Phi) is 3.97. The first kappa shape index (κ1) is 12.9. The largest absolute Gasteiger partial charge is 0.339 e. The Morgan fingerprint density at radius 2 is 1.84 bits per heavy atom. The molecule has 3 rings (SSSR count). The summed E-state index contributed by atoms with van der Waals surface area (Å²) < 4.78 is 6.44. The highest BCUT2D eigenvalue weighted by Gasteiger charge is 2.17. The van der Waals surface area contributed by atoms with E-state index in [1.54, 1.807) is 0 Å². The summed E-state index contributed by atoms with van der Waals surface area (Å²) in [6.45, 7) is 0. The summed E-state index contributed by atoms with van der Waals surface area (Å²) in [7, 11) is 0. The molecule has 0 unspecified atom stereocenters. The van der Waals surface area contributed by atoms with Crippen LogP contribution >= 0.6 is 15.9 Å². The molecule has 0 atom stereocenters. The lowest BCUT2D eigenvalue weighted by Crippen LogP contribution is -2.09. The molecule has 0 aliphatic heterocycles. The molecule has 0 N–H and O–H groups in total. The second-order valence-corrected chi connectivity index (χ2v) is 6.14. The Labute approximate surface area is 121 Å². The van der Waals surface area contributed by atoms with Crippen molar-refractivity contribution in [3.05, 3.63) is 34.6 Å². The highest BCUT2D eigenvalue weighted by molar-refractivity contribution is 9.10. The average molecular weight is 321 g/mol. The quantitative estimate of drug-likeness (QED) is 0.828. The second kappa shape index (κ2) is 5.87. The normalized spacial score (nSPS) is 16.7. The first-order valence-electron chi connectivity index (χ1n) is 6.90. The first-order valence-corrected chi connectivity index (χ1v) is 7.69. The van der Waals surface area contributed by atoms with E-state index in [1.165, 1.54) is 32.1 Å². The molecule has 0 amide bonds. The molecule has 1 aromatic heterocycles. The van der Waals surface area contributed by atoms with Gasteiger partial charge in [-0.25, -0.2) is 0 Å². The van der Waals surface area contributed by atoms with Crippen LogP contribution in [-0.2, 0) is 6.42 Å². The lowest BCUT2D eigenvalue weighted by molar-refractivity contribution is 0.305. The smallest absolute Gasteiger partial charge is 0.227 e. The zero-order chi connectivity index (χ0) is 13.1. The van der Waals surface area contributed by atoms with Crippen LogP contribution < -0.4 is 0 Å². The standard InChI is InChI=1S/C15H17BrN2O/c16-13-8-6-12(7-9-13)15-17-14(19-18-15)10-11-4-2-1-3-5-11/h6-9,11H,1-5,10H2. The van der Waals surface area contributed by atoms with Gasteiger partial charge in [0.25, 0.3) is 0 Å². The molecule has 3 nitrogen and oxygen atoms in total. The van der Waals surface area contributed by atoms with Crippen LogP contribution in [0.3, 0.4) is 0 Å². The van der Waals surface area contributed by atoms with E-state index in [-0.39, 0.29) is 0 Å². The van der Waals surface area contributed by atoms with Gasteiger partial charge >= 0.3 is 0 Å². The molecule has 0 radical (unpaired) electrons. The number of benzene rings is 1. The minimum absolute atomic E-state index is 0.693. The number of aromatic nitrogens is 2. The highest BCUT2D eigenvalue weighted by Crippen LogP contribution is 2.27. The molecule has 0 saturated heterocycles. The zero-order valence-electron chi connectivity index (χ0n) is 10.8. The molecule has 19 heavy (non-hydrogen) atoms. The Morgan fingerprint density at radius 3 is 2.58 bits per heavy atom. The van der Waals surface area contributed by atoms with Crippen molar-refractivity contribution in [2.75, 3.05) is 0 Å². The van der Waals surface area contributed by atoms with Crippen molar-refractivity contribution < 1.29 is 4.52 Å². The van der Waals surface area contributed by atoms with Crippen LogP contribution in [0.1, 0.15) is 38.0 Å². The van der Waals surface area contributed by atoms with Gasteiger partial charge in [0, 0.05) is 16.5 Å². The van der Waals surface area contributed by atoms with Gasteiger partial charge in [-0.2, -0.15) is 4.98 Å². The van der Waals surface area contributed by atoms with Crippen molar-refractivity contribution >= 4 is 15.9 Å². The van der Waals surface area contributed by atoms with Crippen molar-refractivity contribution in [2.24, 2.45) is 5.92 Å². The summed E-state index contributed by atoms with van der Waals surface area (Å²) in [5.74, 6) is 2.20. The van der Waals surface area contributed by atoms with Crippen LogP contribution in [0.4, 0.5) is 0 Å². The predicted molar refractivity (Wildman–Crippen MR) is 77.7 cm³/mol. The molecule has 1 heterocycles. The number of nitrogens with zero attached hydrogens (tertiary/aromatic N) is 2. The zero-order valence-corrected chi connectivity index (χ0v) is 12.4. The predicted octanol–water partition coefficient (Wildman–Crippen LogP) is 4.62. The van der Waals surface area contributed by atoms with Gasteiger partial charge in [0.15, 0.2) is 0 Å². The summed E-state index contributed by atoms with van der Waals surface area (Å²) in [6.07, 6.45) is 7.61. The first-order chi connectivity index (χ1) is 9.31. The van der Waals surface area contributed by atoms with E-state index in [2.05, 4.69) is 26.1 Å². The van der Waals surface area contributed by atoms with E-state index < -0.39 is 0 Å². The molecule has 1 fully saturated rings. The molecule has 1 aliphatic carbocycles. The monoisotopic (exact) mass is 320 g/mol. The minimum atomic E-state index is 0.693. The molecule has 1 aromatic carbocycles. The molecule has 100 valence electrons. The van der Waals surface area contributed by atoms with Gasteiger partial charge in [-0.1, -0.05) is 40.3 Å². The van der Waals surface area contributed by atoms with Crippen LogP contribution in [0.5, 0.6) is 0 Å².